The van der Waals surface area contributed by atoms with Crippen molar-refractivity contribution in [3.8, 4) is 0 Å². The highest BCUT2D eigenvalue weighted by Gasteiger charge is 2.12. The fourth-order valence-electron chi connectivity index (χ4n) is 2.16. The number of aryl methyl sites for hydroxylation is 2. The topological polar surface area (TPSA) is 58.2 Å². The van der Waals surface area contributed by atoms with Gasteiger partial charge in [-0.1, -0.05) is 13.8 Å². The van der Waals surface area contributed by atoms with Crippen molar-refractivity contribution in [1.29, 1.82) is 0 Å². The van der Waals surface area contributed by atoms with Crippen molar-refractivity contribution in [3.63, 3.8) is 0 Å². The van der Waals surface area contributed by atoms with Crippen LogP contribution in [0.4, 0.5) is 5.69 Å². The number of hydrogen-bond acceptors (Lipinski definition) is 3. The van der Waals surface area contributed by atoms with Crippen LogP contribution >= 0.6 is 11.3 Å². The van der Waals surface area contributed by atoms with Crippen LogP contribution in [0, 0.1) is 19.8 Å². The van der Waals surface area contributed by atoms with Gasteiger partial charge in [-0.2, -0.15) is 0 Å². The summed E-state index contributed by atoms with van der Waals surface area (Å²) < 4.78 is 0. The lowest BCUT2D eigenvalue weighted by Crippen LogP contribution is -2.27. The highest BCUT2D eigenvalue weighted by Crippen LogP contribution is 2.21. The van der Waals surface area contributed by atoms with Gasteiger partial charge >= 0.3 is 0 Å². The van der Waals surface area contributed by atoms with Crippen LogP contribution in [0.3, 0.4) is 0 Å². The molecule has 0 aliphatic heterocycles. The number of benzene rings is 1. The molecule has 0 radical (unpaired) electrons. The summed E-state index contributed by atoms with van der Waals surface area (Å²) in [6.45, 7) is 8.67. The number of amides is 2. The van der Waals surface area contributed by atoms with Gasteiger partial charge in [0, 0.05) is 27.5 Å². The molecule has 2 rings (SSSR count). The summed E-state index contributed by atoms with van der Waals surface area (Å²) in [6.07, 6.45) is 0. The Balaban J connectivity index is 2.01. The van der Waals surface area contributed by atoms with E-state index in [2.05, 4.69) is 10.6 Å². The molecular formula is C18H22N2O2S. The average Bonchev–Trinajstić information content (AvgIpc) is 2.84. The first kappa shape index (κ1) is 17.2. The smallest absolute Gasteiger partial charge is 0.256 e. The molecule has 0 fully saturated rings. The van der Waals surface area contributed by atoms with Crippen LogP contribution < -0.4 is 10.6 Å². The van der Waals surface area contributed by atoms with Gasteiger partial charge < -0.3 is 10.6 Å². The Morgan fingerprint density at radius 1 is 1.09 bits per heavy atom. The second kappa shape index (κ2) is 7.42. The van der Waals surface area contributed by atoms with Crippen LogP contribution in [-0.4, -0.2) is 18.4 Å². The lowest BCUT2D eigenvalue weighted by atomic mass is 10.1. The monoisotopic (exact) mass is 330 g/mol. The van der Waals surface area contributed by atoms with Gasteiger partial charge in [-0.15, -0.1) is 11.3 Å². The quantitative estimate of drug-likeness (QED) is 0.870. The first-order valence-electron chi connectivity index (χ1n) is 7.63. The third-order valence-electron chi connectivity index (χ3n) is 3.36. The molecule has 0 saturated carbocycles. The van der Waals surface area contributed by atoms with Crippen molar-refractivity contribution in [2.45, 2.75) is 27.7 Å². The van der Waals surface area contributed by atoms with Crippen LogP contribution in [-0.2, 0) is 0 Å². The van der Waals surface area contributed by atoms with Crippen LogP contribution in [0.2, 0.25) is 0 Å². The number of anilines is 1. The van der Waals surface area contributed by atoms with E-state index >= 15 is 0 Å². The van der Waals surface area contributed by atoms with E-state index in [9.17, 15) is 9.59 Å². The standard InChI is InChI=1S/C18H22N2O2S/c1-11(2)10-19-17(21)14-5-7-15(8-6-14)20-18(22)16-9-12(3)23-13(16)4/h5-9,11H,10H2,1-4H3,(H,19,21)(H,20,22). The van der Waals surface area contributed by atoms with Crippen molar-refractivity contribution in [2.75, 3.05) is 11.9 Å². The fraction of sp³-hybridized carbons (Fsp3) is 0.333. The fourth-order valence-corrected chi connectivity index (χ4v) is 3.08. The molecule has 0 bridgehead atoms. The third kappa shape index (κ3) is 4.66. The Kier molecular flexibility index (Phi) is 5.55. The van der Waals surface area contributed by atoms with Crippen LogP contribution in [0.15, 0.2) is 30.3 Å². The molecule has 1 heterocycles. The Morgan fingerprint density at radius 3 is 2.26 bits per heavy atom. The van der Waals surface area contributed by atoms with Gasteiger partial charge in [-0.25, -0.2) is 0 Å². The molecule has 4 nitrogen and oxygen atoms in total. The summed E-state index contributed by atoms with van der Waals surface area (Å²) >= 11 is 1.61. The number of carbonyl (C=O) groups is 2. The number of thiophene rings is 1. The summed E-state index contributed by atoms with van der Waals surface area (Å²) in [7, 11) is 0. The minimum absolute atomic E-state index is 0.0964. The van der Waals surface area contributed by atoms with Gasteiger partial charge in [-0.05, 0) is 50.1 Å². The van der Waals surface area contributed by atoms with Gasteiger partial charge in [-0.3, -0.25) is 9.59 Å². The molecule has 0 unspecified atom stereocenters. The van der Waals surface area contributed by atoms with Gasteiger partial charge in [0.15, 0.2) is 0 Å². The van der Waals surface area contributed by atoms with Crippen LogP contribution in [0.5, 0.6) is 0 Å². The van der Waals surface area contributed by atoms with E-state index in [0.717, 1.165) is 9.75 Å². The number of carbonyl (C=O) groups excluding carboxylic acids is 2. The van der Waals surface area contributed by atoms with Gasteiger partial charge in [0.2, 0.25) is 0 Å². The third-order valence-corrected chi connectivity index (χ3v) is 4.33. The second-order valence-corrected chi connectivity index (χ2v) is 7.42. The van der Waals surface area contributed by atoms with E-state index < -0.39 is 0 Å². The van der Waals surface area contributed by atoms with Gasteiger partial charge in [0.1, 0.15) is 0 Å². The van der Waals surface area contributed by atoms with E-state index in [1.54, 1.807) is 35.6 Å². The van der Waals surface area contributed by atoms with Crippen molar-refractivity contribution >= 4 is 28.8 Å². The van der Waals surface area contributed by atoms with Crippen molar-refractivity contribution in [2.24, 2.45) is 5.92 Å². The van der Waals surface area contributed by atoms with E-state index in [-0.39, 0.29) is 11.8 Å². The Labute approximate surface area is 140 Å². The Morgan fingerprint density at radius 2 is 1.74 bits per heavy atom. The Bertz CT molecular complexity index is 702. The van der Waals surface area contributed by atoms with Crippen LogP contribution in [0.25, 0.3) is 0 Å². The molecule has 0 saturated heterocycles. The summed E-state index contributed by atoms with van der Waals surface area (Å²) in [6, 6.07) is 8.82. The van der Waals surface area contributed by atoms with Crippen molar-refractivity contribution < 1.29 is 9.59 Å². The zero-order chi connectivity index (χ0) is 17.0. The molecule has 23 heavy (non-hydrogen) atoms. The highest BCUT2D eigenvalue weighted by molar-refractivity contribution is 7.12. The SMILES string of the molecule is Cc1cc(C(=O)Nc2ccc(C(=O)NCC(C)C)cc2)c(C)s1. The minimum atomic E-state index is -0.121. The Hall–Kier alpha value is -2.14. The first-order chi connectivity index (χ1) is 10.9. The summed E-state index contributed by atoms with van der Waals surface area (Å²) in [5.41, 5.74) is 1.97. The molecule has 1 aromatic carbocycles. The maximum Gasteiger partial charge on any atom is 0.256 e. The zero-order valence-electron chi connectivity index (χ0n) is 13.9. The average molecular weight is 330 g/mol. The molecule has 1 aromatic heterocycles. The van der Waals surface area contributed by atoms with E-state index in [1.807, 2.05) is 33.8 Å². The number of nitrogens with one attached hydrogen (secondary N) is 2. The molecule has 0 atom stereocenters. The van der Waals surface area contributed by atoms with Crippen LogP contribution in [0.1, 0.15) is 44.3 Å². The van der Waals surface area contributed by atoms with E-state index in [1.165, 1.54) is 0 Å². The molecule has 0 spiro atoms. The molecule has 2 N–H and O–H groups in total. The summed E-state index contributed by atoms with van der Waals surface area (Å²) in [5, 5.41) is 5.73. The number of hydrogen-bond donors (Lipinski definition) is 2. The predicted molar refractivity (Wildman–Crippen MR) is 95.4 cm³/mol. The lowest BCUT2D eigenvalue weighted by Gasteiger charge is -2.09. The van der Waals surface area contributed by atoms with Gasteiger partial charge in [0.05, 0.1) is 5.56 Å². The normalized spacial score (nSPS) is 10.7. The van der Waals surface area contributed by atoms with Crippen molar-refractivity contribution in [1.82, 2.24) is 5.32 Å². The van der Waals surface area contributed by atoms with Gasteiger partial charge in [0.25, 0.3) is 11.8 Å². The zero-order valence-corrected chi connectivity index (χ0v) is 14.7. The van der Waals surface area contributed by atoms with E-state index in [4.69, 9.17) is 0 Å². The molecule has 5 heteroatoms. The molecule has 2 aromatic rings. The second-order valence-electron chi connectivity index (χ2n) is 5.96. The predicted octanol–water partition coefficient (Wildman–Crippen LogP) is 4.00. The molecule has 0 aliphatic carbocycles. The molecule has 0 aliphatic rings. The largest absolute Gasteiger partial charge is 0.352 e. The minimum Gasteiger partial charge on any atom is -0.352 e. The summed E-state index contributed by atoms with van der Waals surface area (Å²) in [5.74, 6) is 0.194. The number of rotatable bonds is 5. The maximum atomic E-state index is 12.3. The highest BCUT2D eigenvalue weighted by atomic mass is 32.1. The molecule has 2 amide bonds. The van der Waals surface area contributed by atoms with E-state index in [0.29, 0.717) is 29.3 Å². The lowest BCUT2D eigenvalue weighted by molar-refractivity contribution is 0.0948. The molecular weight excluding hydrogens is 308 g/mol. The summed E-state index contributed by atoms with van der Waals surface area (Å²) in [4.78, 5) is 26.3. The first-order valence-corrected chi connectivity index (χ1v) is 8.45. The molecule has 122 valence electrons. The van der Waals surface area contributed by atoms with Crippen molar-refractivity contribution in [3.05, 3.63) is 51.2 Å². The maximum absolute atomic E-state index is 12.3.